The summed E-state index contributed by atoms with van der Waals surface area (Å²) in [5, 5.41) is 12.6. The van der Waals surface area contributed by atoms with Crippen LogP contribution in [0.1, 0.15) is 25.0 Å². The molecular weight excluding hydrogens is 308 g/mol. The predicted molar refractivity (Wildman–Crippen MR) is 93.5 cm³/mol. The third-order valence-corrected chi connectivity index (χ3v) is 4.04. The first-order chi connectivity index (χ1) is 10.9. The minimum Gasteiger partial charge on any atom is -0.497 e. The number of rotatable bonds is 2. The van der Waals surface area contributed by atoms with Crippen LogP contribution in [0.2, 0.25) is 0 Å². The number of hydrogen-bond acceptors (Lipinski definition) is 4. The van der Waals surface area contributed by atoms with Crippen molar-refractivity contribution in [3.8, 4) is 22.9 Å². The van der Waals surface area contributed by atoms with Gasteiger partial charge in [0.2, 0.25) is 0 Å². The molecule has 23 heavy (non-hydrogen) atoms. The molecule has 0 aromatic heterocycles. The molecule has 1 aliphatic rings. The fraction of sp³-hybridized carbons (Fsp3) is 0.222. The maximum absolute atomic E-state index is 9.18. The van der Waals surface area contributed by atoms with E-state index in [4.69, 9.17) is 21.7 Å². The molecule has 0 atom stereocenters. The Balaban J connectivity index is 2.13. The normalized spacial score (nSPS) is 15.0. The maximum Gasteiger partial charge on any atom is 0.262 e. The molecule has 116 valence electrons. The van der Waals surface area contributed by atoms with E-state index in [1.165, 1.54) is 0 Å². The summed E-state index contributed by atoms with van der Waals surface area (Å²) < 4.78 is 11.0. The maximum atomic E-state index is 9.18. The lowest BCUT2D eigenvalue weighted by Crippen LogP contribution is -2.34. The summed E-state index contributed by atoms with van der Waals surface area (Å²) in [5.41, 5.74) is 3.93. The summed E-state index contributed by atoms with van der Waals surface area (Å²) in [4.78, 5) is 0. The molecule has 0 aliphatic carbocycles. The van der Waals surface area contributed by atoms with Crippen LogP contribution in [-0.2, 0) is 10.3 Å². The SMILES string of the molecule is COc1cc(C#N)cc(-c2ccc3c(c2)C(C)(C)OC(=S)N3)c1. The molecule has 4 nitrogen and oxygen atoms in total. The van der Waals surface area contributed by atoms with Crippen molar-refractivity contribution in [2.45, 2.75) is 19.4 Å². The largest absolute Gasteiger partial charge is 0.497 e. The summed E-state index contributed by atoms with van der Waals surface area (Å²) in [6.07, 6.45) is 0. The standard InChI is InChI=1S/C18H16N2O2S/c1-18(2)15-9-12(4-5-16(15)20-17(23)22-18)13-6-11(10-19)7-14(8-13)21-3/h4-9H,1-3H3,(H,20,23). The molecule has 0 fully saturated rings. The van der Waals surface area contributed by atoms with Gasteiger partial charge in [-0.15, -0.1) is 0 Å². The number of fused-ring (bicyclic) bond motifs is 1. The van der Waals surface area contributed by atoms with Crippen molar-refractivity contribution in [2.24, 2.45) is 0 Å². The van der Waals surface area contributed by atoms with E-state index in [0.29, 0.717) is 16.5 Å². The molecule has 5 heteroatoms. The predicted octanol–water partition coefficient (Wildman–Crippen LogP) is 4.20. The van der Waals surface area contributed by atoms with E-state index in [1.807, 2.05) is 38.1 Å². The molecular formula is C18H16N2O2S. The number of nitrogens with one attached hydrogen (secondary N) is 1. The van der Waals surface area contributed by atoms with Crippen LogP contribution in [0.15, 0.2) is 36.4 Å². The van der Waals surface area contributed by atoms with Gasteiger partial charge in [0, 0.05) is 11.3 Å². The number of ether oxygens (including phenoxy) is 2. The zero-order valence-corrected chi connectivity index (χ0v) is 14.0. The minimum atomic E-state index is -0.509. The Morgan fingerprint density at radius 3 is 2.65 bits per heavy atom. The Labute approximate surface area is 140 Å². The molecule has 0 saturated heterocycles. The molecule has 0 saturated carbocycles. The monoisotopic (exact) mass is 324 g/mol. The van der Waals surface area contributed by atoms with Crippen LogP contribution in [-0.4, -0.2) is 12.3 Å². The molecule has 0 unspecified atom stereocenters. The van der Waals surface area contributed by atoms with E-state index in [9.17, 15) is 5.26 Å². The van der Waals surface area contributed by atoms with Crippen LogP contribution >= 0.6 is 12.2 Å². The fourth-order valence-corrected chi connectivity index (χ4v) is 3.02. The highest BCUT2D eigenvalue weighted by Crippen LogP contribution is 2.38. The molecule has 2 aromatic carbocycles. The molecule has 3 rings (SSSR count). The number of hydrogen-bond donors (Lipinski definition) is 1. The van der Waals surface area contributed by atoms with Gasteiger partial charge in [-0.05, 0) is 67.5 Å². The summed E-state index contributed by atoms with van der Waals surface area (Å²) in [5.74, 6) is 0.659. The molecule has 2 aromatic rings. The van der Waals surface area contributed by atoms with Crippen molar-refractivity contribution in [3.63, 3.8) is 0 Å². The van der Waals surface area contributed by atoms with Gasteiger partial charge in [0.25, 0.3) is 5.17 Å². The van der Waals surface area contributed by atoms with E-state index in [-0.39, 0.29) is 0 Å². The van der Waals surface area contributed by atoms with Crippen LogP contribution < -0.4 is 10.1 Å². The smallest absolute Gasteiger partial charge is 0.262 e. The fourth-order valence-electron chi connectivity index (χ4n) is 2.70. The zero-order valence-electron chi connectivity index (χ0n) is 13.1. The van der Waals surface area contributed by atoms with Crippen molar-refractivity contribution in [3.05, 3.63) is 47.5 Å². The Kier molecular flexibility index (Phi) is 3.70. The Bertz CT molecular complexity index is 837. The van der Waals surface area contributed by atoms with Crippen LogP contribution in [0.3, 0.4) is 0 Å². The average molecular weight is 324 g/mol. The van der Waals surface area contributed by atoms with E-state index in [0.717, 1.165) is 22.4 Å². The van der Waals surface area contributed by atoms with Crippen LogP contribution in [0.25, 0.3) is 11.1 Å². The third kappa shape index (κ3) is 2.86. The van der Waals surface area contributed by atoms with E-state index < -0.39 is 5.60 Å². The highest BCUT2D eigenvalue weighted by molar-refractivity contribution is 7.80. The molecule has 0 radical (unpaired) electrons. The summed E-state index contributed by atoms with van der Waals surface area (Å²) in [6.45, 7) is 3.96. The van der Waals surface area contributed by atoms with Gasteiger partial charge >= 0.3 is 0 Å². The van der Waals surface area contributed by atoms with Crippen molar-refractivity contribution < 1.29 is 9.47 Å². The van der Waals surface area contributed by atoms with Crippen molar-refractivity contribution >= 4 is 23.1 Å². The summed E-state index contributed by atoms with van der Waals surface area (Å²) in [7, 11) is 1.59. The molecule has 0 spiro atoms. The highest BCUT2D eigenvalue weighted by atomic mass is 32.1. The molecule has 1 aliphatic heterocycles. The molecule has 0 amide bonds. The number of thiocarbonyl (C=S) groups is 1. The molecule has 1 N–H and O–H groups in total. The first-order valence-electron chi connectivity index (χ1n) is 7.17. The summed E-state index contributed by atoms with van der Waals surface area (Å²) >= 11 is 5.14. The van der Waals surface area contributed by atoms with Crippen molar-refractivity contribution in [1.29, 1.82) is 5.26 Å². The molecule has 1 heterocycles. The van der Waals surface area contributed by atoms with Crippen LogP contribution in [0.4, 0.5) is 5.69 Å². The highest BCUT2D eigenvalue weighted by Gasteiger charge is 2.31. The van der Waals surface area contributed by atoms with Gasteiger partial charge in [0.15, 0.2) is 0 Å². The average Bonchev–Trinajstić information content (AvgIpc) is 2.53. The minimum absolute atomic E-state index is 0.378. The van der Waals surface area contributed by atoms with Gasteiger partial charge in [-0.2, -0.15) is 5.26 Å². The second-order valence-corrected chi connectivity index (χ2v) is 6.22. The Morgan fingerprint density at radius 1 is 1.17 bits per heavy atom. The summed E-state index contributed by atoms with van der Waals surface area (Å²) in [6, 6.07) is 13.7. The first kappa shape index (κ1) is 15.3. The van der Waals surface area contributed by atoms with Gasteiger partial charge in [0.1, 0.15) is 11.4 Å². The number of benzene rings is 2. The van der Waals surface area contributed by atoms with Gasteiger partial charge < -0.3 is 14.8 Å². The Morgan fingerprint density at radius 2 is 1.96 bits per heavy atom. The topological polar surface area (TPSA) is 54.3 Å². The van der Waals surface area contributed by atoms with Gasteiger partial charge in [0.05, 0.1) is 18.7 Å². The van der Waals surface area contributed by atoms with E-state index in [1.54, 1.807) is 13.2 Å². The zero-order chi connectivity index (χ0) is 16.6. The lowest BCUT2D eigenvalue weighted by Gasteiger charge is -2.34. The van der Waals surface area contributed by atoms with Crippen LogP contribution in [0.5, 0.6) is 5.75 Å². The van der Waals surface area contributed by atoms with Gasteiger partial charge in [-0.3, -0.25) is 0 Å². The van der Waals surface area contributed by atoms with Crippen LogP contribution in [0, 0.1) is 11.3 Å². The van der Waals surface area contributed by atoms with Gasteiger partial charge in [-0.1, -0.05) is 6.07 Å². The second-order valence-electron chi connectivity index (χ2n) is 5.85. The van der Waals surface area contributed by atoms with Crippen molar-refractivity contribution in [1.82, 2.24) is 0 Å². The van der Waals surface area contributed by atoms with E-state index in [2.05, 4.69) is 17.5 Å². The number of nitrogens with zero attached hydrogens (tertiary/aromatic N) is 1. The Hall–Kier alpha value is -2.58. The number of nitriles is 1. The number of methoxy groups -OCH3 is 1. The van der Waals surface area contributed by atoms with Crippen molar-refractivity contribution in [2.75, 3.05) is 12.4 Å². The first-order valence-corrected chi connectivity index (χ1v) is 7.58. The number of anilines is 1. The molecule has 0 bridgehead atoms. The quantitative estimate of drug-likeness (QED) is 0.839. The van der Waals surface area contributed by atoms with E-state index >= 15 is 0 Å². The third-order valence-electron chi connectivity index (χ3n) is 3.86. The lowest BCUT2D eigenvalue weighted by molar-refractivity contribution is 0.0947. The second kappa shape index (κ2) is 5.56. The lowest BCUT2D eigenvalue weighted by atomic mass is 9.91. The van der Waals surface area contributed by atoms with Gasteiger partial charge in [-0.25, -0.2) is 0 Å².